The van der Waals surface area contributed by atoms with Crippen molar-refractivity contribution in [1.82, 2.24) is 25.0 Å². The third kappa shape index (κ3) is 7.59. The number of aromatic nitrogens is 1. The largest absolute Gasteiger partial charge is 0.361 e. The van der Waals surface area contributed by atoms with Crippen molar-refractivity contribution in [3.8, 4) is 0 Å². The van der Waals surface area contributed by atoms with Crippen molar-refractivity contribution in [3.63, 3.8) is 0 Å². The quantitative estimate of drug-likeness (QED) is 0.103. The van der Waals surface area contributed by atoms with Crippen LogP contribution < -0.4 is 10.2 Å². The fourth-order valence-corrected chi connectivity index (χ4v) is 6.77. The van der Waals surface area contributed by atoms with Crippen LogP contribution in [0.3, 0.4) is 0 Å². The lowest BCUT2D eigenvalue weighted by molar-refractivity contribution is -0.124. The standard InChI is InChI=1S/C33H39N5O4S/c1-37(2)20-18-35-43(41,42)28-12-7-25(8-13-28)23-38(19-17-27-22-34-31-6-4-3-5-29(27)31)32-15-11-26-21-24(9-14-30(26)32)10-16-33(39)36-40/h3-10,12-14,16,21-22,32,34-35,40H,11,15,17-20,23H2,1-2H3,(H,36,39). The smallest absolute Gasteiger partial charge is 0.267 e. The van der Waals surface area contributed by atoms with Crippen molar-refractivity contribution in [3.05, 3.63) is 107 Å². The molecule has 1 heterocycles. The second kappa shape index (κ2) is 13.7. The highest BCUT2D eigenvalue weighted by atomic mass is 32.2. The Labute approximate surface area is 253 Å². The van der Waals surface area contributed by atoms with Gasteiger partial charge in [-0.15, -0.1) is 0 Å². The highest BCUT2D eigenvalue weighted by molar-refractivity contribution is 7.89. The number of likely N-dealkylation sites (N-methyl/N-ethyl adjacent to an activating group) is 1. The molecule has 1 amide bonds. The molecule has 0 bridgehead atoms. The number of H-pyrrole nitrogens is 1. The number of hydrogen-bond donors (Lipinski definition) is 4. The van der Waals surface area contributed by atoms with Gasteiger partial charge in [0.2, 0.25) is 10.0 Å². The molecule has 10 heteroatoms. The van der Waals surface area contributed by atoms with E-state index in [-0.39, 0.29) is 10.9 Å². The maximum Gasteiger partial charge on any atom is 0.267 e. The van der Waals surface area contributed by atoms with E-state index in [0.717, 1.165) is 42.5 Å². The molecule has 4 N–H and O–H groups in total. The van der Waals surface area contributed by atoms with Gasteiger partial charge in [-0.05, 0) is 85.5 Å². The zero-order valence-corrected chi connectivity index (χ0v) is 25.4. The summed E-state index contributed by atoms with van der Waals surface area (Å²) < 4.78 is 28.2. The van der Waals surface area contributed by atoms with Gasteiger partial charge >= 0.3 is 0 Å². The zero-order chi connectivity index (χ0) is 30.4. The van der Waals surface area contributed by atoms with Gasteiger partial charge in [-0.2, -0.15) is 0 Å². The van der Waals surface area contributed by atoms with E-state index in [2.05, 4.69) is 51.1 Å². The minimum atomic E-state index is -3.57. The van der Waals surface area contributed by atoms with Crippen LogP contribution in [0.1, 0.15) is 40.3 Å². The summed E-state index contributed by atoms with van der Waals surface area (Å²) in [6, 6.07) is 22.0. The normalized spacial score (nSPS) is 15.1. The summed E-state index contributed by atoms with van der Waals surface area (Å²) in [4.78, 5) is 19.5. The number of aryl methyl sites for hydroxylation is 1. The summed E-state index contributed by atoms with van der Waals surface area (Å²) >= 11 is 0. The van der Waals surface area contributed by atoms with Gasteiger partial charge in [-0.25, -0.2) is 18.6 Å². The molecule has 0 saturated heterocycles. The van der Waals surface area contributed by atoms with Crippen molar-refractivity contribution >= 4 is 32.9 Å². The van der Waals surface area contributed by atoms with Gasteiger partial charge in [0.15, 0.2) is 0 Å². The fraction of sp³-hybridized carbons (Fsp3) is 0.303. The summed E-state index contributed by atoms with van der Waals surface area (Å²) in [6.45, 7) is 2.49. The van der Waals surface area contributed by atoms with Crippen LogP contribution in [-0.4, -0.2) is 68.0 Å². The van der Waals surface area contributed by atoms with Gasteiger partial charge in [0.25, 0.3) is 5.91 Å². The third-order valence-corrected chi connectivity index (χ3v) is 9.48. The highest BCUT2D eigenvalue weighted by Gasteiger charge is 2.28. The van der Waals surface area contributed by atoms with Gasteiger partial charge in [0.05, 0.1) is 4.90 Å². The molecule has 1 aliphatic carbocycles. The van der Waals surface area contributed by atoms with E-state index in [4.69, 9.17) is 5.21 Å². The fourth-order valence-electron chi connectivity index (χ4n) is 5.75. The molecule has 1 atom stereocenters. The maximum absolute atomic E-state index is 12.8. The first-order chi connectivity index (χ1) is 20.7. The number of sulfonamides is 1. The van der Waals surface area contributed by atoms with Crippen LogP contribution in [0.25, 0.3) is 17.0 Å². The molecule has 0 aliphatic heterocycles. The predicted molar refractivity (Wildman–Crippen MR) is 169 cm³/mol. The van der Waals surface area contributed by atoms with Crippen LogP contribution >= 0.6 is 0 Å². The zero-order valence-electron chi connectivity index (χ0n) is 24.6. The van der Waals surface area contributed by atoms with Gasteiger partial charge in [0.1, 0.15) is 0 Å². The number of para-hydroxylation sites is 1. The number of benzene rings is 3. The van der Waals surface area contributed by atoms with E-state index in [0.29, 0.717) is 19.6 Å². The van der Waals surface area contributed by atoms with Crippen LogP contribution in [0.2, 0.25) is 0 Å². The van der Waals surface area contributed by atoms with Crippen molar-refractivity contribution in [2.75, 3.05) is 33.7 Å². The molecule has 226 valence electrons. The first kappa shape index (κ1) is 30.7. The number of carbonyl (C=O) groups excluding carboxylic acids is 1. The first-order valence-corrected chi connectivity index (χ1v) is 16.0. The number of rotatable bonds is 13. The van der Waals surface area contributed by atoms with Crippen LogP contribution in [0.15, 0.2) is 83.9 Å². The minimum Gasteiger partial charge on any atom is -0.361 e. The maximum atomic E-state index is 12.8. The Morgan fingerprint density at radius 1 is 1.07 bits per heavy atom. The number of carbonyl (C=O) groups is 1. The lowest BCUT2D eigenvalue weighted by Gasteiger charge is -2.30. The molecule has 3 aromatic carbocycles. The van der Waals surface area contributed by atoms with Crippen LogP contribution in [-0.2, 0) is 34.2 Å². The van der Waals surface area contributed by atoms with Crippen molar-refractivity contribution in [2.45, 2.75) is 36.7 Å². The number of hydroxylamine groups is 1. The molecule has 0 spiro atoms. The summed E-state index contributed by atoms with van der Waals surface area (Å²) in [5.41, 5.74) is 8.49. The second-order valence-electron chi connectivity index (χ2n) is 11.2. The topological polar surface area (TPSA) is 118 Å². The van der Waals surface area contributed by atoms with Gasteiger partial charge < -0.3 is 9.88 Å². The van der Waals surface area contributed by atoms with E-state index in [1.54, 1.807) is 23.7 Å². The van der Waals surface area contributed by atoms with E-state index >= 15 is 0 Å². The Morgan fingerprint density at radius 2 is 1.86 bits per heavy atom. The molecular weight excluding hydrogens is 562 g/mol. The number of hydrogen-bond acceptors (Lipinski definition) is 6. The Hall–Kier alpha value is -3.80. The Morgan fingerprint density at radius 3 is 2.63 bits per heavy atom. The lowest BCUT2D eigenvalue weighted by Crippen LogP contribution is -2.31. The SMILES string of the molecule is CN(C)CCNS(=O)(=O)c1ccc(CN(CCc2c[nH]c3ccccc23)C2CCc3cc(C=CC(=O)NO)ccc32)cc1. The number of nitrogens with zero attached hydrogens (tertiary/aromatic N) is 2. The molecule has 4 aromatic rings. The number of fused-ring (bicyclic) bond motifs is 2. The summed E-state index contributed by atoms with van der Waals surface area (Å²) in [5.74, 6) is -0.565. The third-order valence-electron chi connectivity index (χ3n) is 8.00. The molecule has 0 fully saturated rings. The number of aromatic amines is 1. The molecule has 0 radical (unpaired) electrons. The average molecular weight is 602 g/mol. The molecule has 1 aromatic heterocycles. The predicted octanol–water partition coefficient (Wildman–Crippen LogP) is 4.26. The monoisotopic (exact) mass is 601 g/mol. The second-order valence-corrected chi connectivity index (χ2v) is 13.0. The van der Waals surface area contributed by atoms with E-state index < -0.39 is 15.9 Å². The lowest BCUT2D eigenvalue weighted by atomic mass is 10.0. The van der Waals surface area contributed by atoms with Gasteiger partial charge in [-0.3, -0.25) is 14.9 Å². The Balaban J connectivity index is 1.36. The molecule has 43 heavy (non-hydrogen) atoms. The van der Waals surface area contributed by atoms with Crippen LogP contribution in [0, 0.1) is 0 Å². The minimum absolute atomic E-state index is 0.204. The number of nitrogens with one attached hydrogen (secondary N) is 3. The van der Waals surface area contributed by atoms with Crippen molar-refractivity contribution in [2.24, 2.45) is 0 Å². The van der Waals surface area contributed by atoms with Crippen molar-refractivity contribution < 1.29 is 18.4 Å². The van der Waals surface area contributed by atoms with E-state index in [9.17, 15) is 13.2 Å². The average Bonchev–Trinajstić information content (AvgIpc) is 3.62. The van der Waals surface area contributed by atoms with Crippen molar-refractivity contribution in [1.29, 1.82) is 0 Å². The van der Waals surface area contributed by atoms with Crippen LogP contribution in [0.5, 0.6) is 0 Å². The summed E-state index contributed by atoms with van der Waals surface area (Å²) in [7, 11) is 0.244. The molecule has 9 nitrogen and oxygen atoms in total. The Kier molecular flexibility index (Phi) is 9.74. The number of amides is 1. The first-order valence-electron chi connectivity index (χ1n) is 14.5. The molecular formula is C33H39N5O4S. The molecule has 0 saturated carbocycles. The van der Waals surface area contributed by atoms with Gasteiger partial charge in [0, 0.05) is 55.4 Å². The summed E-state index contributed by atoms with van der Waals surface area (Å²) in [5, 5.41) is 10.0. The van der Waals surface area contributed by atoms with E-state index in [1.807, 2.05) is 43.3 Å². The Bertz CT molecular complexity index is 1700. The molecule has 5 rings (SSSR count). The van der Waals surface area contributed by atoms with Crippen LogP contribution in [0.4, 0.5) is 0 Å². The molecule has 1 aliphatic rings. The van der Waals surface area contributed by atoms with E-state index in [1.165, 1.54) is 28.2 Å². The molecule has 1 unspecified atom stereocenters. The van der Waals surface area contributed by atoms with Gasteiger partial charge in [-0.1, -0.05) is 48.5 Å². The summed E-state index contributed by atoms with van der Waals surface area (Å²) in [6.07, 6.45) is 7.86. The highest BCUT2D eigenvalue weighted by Crippen LogP contribution is 2.37.